The van der Waals surface area contributed by atoms with E-state index in [9.17, 15) is 4.79 Å². The van der Waals surface area contributed by atoms with E-state index in [4.69, 9.17) is 0 Å². The minimum atomic E-state index is -0.201. The van der Waals surface area contributed by atoms with Crippen LogP contribution in [0.5, 0.6) is 0 Å². The molecule has 1 aliphatic carbocycles. The predicted octanol–water partition coefficient (Wildman–Crippen LogP) is 3.13. The topological polar surface area (TPSA) is 71.8 Å². The summed E-state index contributed by atoms with van der Waals surface area (Å²) in [6, 6.07) is 13.7. The van der Waals surface area contributed by atoms with Crippen LogP contribution in [0.2, 0.25) is 0 Å². The molecule has 0 spiro atoms. The van der Waals surface area contributed by atoms with E-state index in [0.717, 1.165) is 22.3 Å². The molecule has 2 N–H and O–H groups in total. The number of nitrogens with one attached hydrogen (secondary N) is 2. The van der Waals surface area contributed by atoms with Crippen molar-refractivity contribution < 1.29 is 4.79 Å². The van der Waals surface area contributed by atoms with Gasteiger partial charge < -0.3 is 15.2 Å². The minimum Gasteiger partial charge on any atom is -0.336 e. The number of amides is 2. The average Bonchev–Trinajstić information content (AvgIpc) is 3.34. The largest absolute Gasteiger partial charge is 0.336 e. The van der Waals surface area contributed by atoms with Crippen LogP contribution in [0.15, 0.2) is 48.8 Å². The lowest BCUT2D eigenvalue weighted by molar-refractivity contribution is 0.251. The maximum atomic E-state index is 12.2. The van der Waals surface area contributed by atoms with Crippen molar-refractivity contribution in [1.82, 2.24) is 20.1 Å². The zero-order valence-corrected chi connectivity index (χ0v) is 13.3. The van der Waals surface area contributed by atoms with Gasteiger partial charge in [0.15, 0.2) is 0 Å². The van der Waals surface area contributed by atoms with Gasteiger partial charge in [0.2, 0.25) is 0 Å². The highest BCUT2D eigenvalue weighted by molar-refractivity contribution is 6.01. The van der Waals surface area contributed by atoms with Crippen LogP contribution in [0, 0.1) is 0 Å². The second-order valence-corrected chi connectivity index (χ2v) is 6.06. The molecule has 0 bridgehead atoms. The Hall–Kier alpha value is -2.89. The molecule has 1 aromatic heterocycles. The zero-order valence-electron chi connectivity index (χ0n) is 13.3. The van der Waals surface area contributed by atoms with Crippen molar-refractivity contribution in [1.29, 1.82) is 0 Å². The molecule has 0 aliphatic heterocycles. The van der Waals surface area contributed by atoms with E-state index in [2.05, 4.69) is 20.8 Å². The lowest BCUT2D eigenvalue weighted by Gasteiger charge is -2.11. The molecule has 6 heteroatoms. The lowest BCUT2D eigenvalue weighted by Crippen LogP contribution is -2.31. The number of rotatable bonds is 5. The summed E-state index contributed by atoms with van der Waals surface area (Å²) in [5.74, 6) is 1.59. The summed E-state index contributed by atoms with van der Waals surface area (Å²) >= 11 is 0. The van der Waals surface area contributed by atoms with Crippen LogP contribution < -0.4 is 10.6 Å². The predicted molar refractivity (Wildman–Crippen MR) is 93.0 cm³/mol. The Kier molecular flexibility index (Phi) is 3.86. The molecule has 3 aromatic rings. The van der Waals surface area contributed by atoms with Gasteiger partial charge in [0.05, 0.1) is 5.69 Å². The van der Waals surface area contributed by atoms with E-state index < -0.39 is 0 Å². The molecule has 2 aromatic carbocycles. The number of benzene rings is 2. The molecule has 1 fully saturated rings. The smallest absolute Gasteiger partial charge is 0.319 e. The van der Waals surface area contributed by atoms with Crippen molar-refractivity contribution in [3.05, 3.63) is 54.6 Å². The molecule has 4 rings (SSSR count). The van der Waals surface area contributed by atoms with Crippen molar-refractivity contribution in [2.75, 3.05) is 11.9 Å². The van der Waals surface area contributed by atoms with E-state index in [-0.39, 0.29) is 6.03 Å². The third-order valence-corrected chi connectivity index (χ3v) is 4.26. The van der Waals surface area contributed by atoms with Gasteiger partial charge in [-0.1, -0.05) is 36.4 Å². The second-order valence-electron chi connectivity index (χ2n) is 6.06. The summed E-state index contributed by atoms with van der Waals surface area (Å²) in [6.07, 6.45) is 4.11. The number of hydrogen-bond acceptors (Lipinski definition) is 3. The molecule has 1 aliphatic rings. The molecule has 24 heavy (non-hydrogen) atoms. The number of fused-ring (bicyclic) bond motifs is 1. The van der Waals surface area contributed by atoms with Gasteiger partial charge in [0.1, 0.15) is 12.2 Å². The third-order valence-electron chi connectivity index (χ3n) is 4.26. The maximum Gasteiger partial charge on any atom is 0.319 e. The maximum absolute atomic E-state index is 12.2. The Balaban J connectivity index is 1.35. The molecular formula is C18H19N5O. The van der Waals surface area contributed by atoms with Crippen molar-refractivity contribution in [2.24, 2.45) is 0 Å². The molecule has 0 radical (unpaired) electrons. The van der Waals surface area contributed by atoms with E-state index in [1.54, 1.807) is 6.33 Å². The highest BCUT2D eigenvalue weighted by Crippen LogP contribution is 2.38. The number of urea groups is 1. The van der Waals surface area contributed by atoms with Gasteiger partial charge in [0, 0.05) is 24.4 Å². The standard InChI is InChI=1S/C18H19N5O/c24-18(19-10-11-23-12-20-22-17(23)14-8-9-14)21-16-7-3-5-13-4-1-2-6-15(13)16/h1-7,12,14H,8-11H2,(H2,19,21,24). The molecule has 1 heterocycles. The van der Waals surface area contributed by atoms with Gasteiger partial charge in [-0.05, 0) is 24.3 Å². The van der Waals surface area contributed by atoms with Crippen molar-refractivity contribution in [3.63, 3.8) is 0 Å². The Bertz CT molecular complexity index is 863. The van der Waals surface area contributed by atoms with Gasteiger partial charge in [-0.3, -0.25) is 0 Å². The van der Waals surface area contributed by atoms with Crippen molar-refractivity contribution in [3.8, 4) is 0 Å². The number of nitrogens with zero attached hydrogens (tertiary/aromatic N) is 3. The third kappa shape index (κ3) is 3.08. The molecule has 0 unspecified atom stereocenters. The van der Waals surface area contributed by atoms with Crippen LogP contribution in [0.1, 0.15) is 24.6 Å². The van der Waals surface area contributed by atoms with Crippen LogP contribution in [0.3, 0.4) is 0 Å². The Morgan fingerprint density at radius 1 is 1.17 bits per heavy atom. The summed E-state index contributed by atoms with van der Waals surface area (Å²) < 4.78 is 2.02. The number of carbonyl (C=O) groups excluding carboxylic acids is 1. The van der Waals surface area contributed by atoms with Crippen LogP contribution in [0.25, 0.3) is 10.8 Å². The Morgan fingerprint density at radius 3 is 2.88 bits per heavy atom. The van der Waals surface area contributed by atoms with E-state index in [1.165, 1.54) is 12.8 Å². The molecular weight excluding hydrogens is 302 g/mol. The van der Waals surface area contributed by atoms with Gasteiger partial charge in [-0.15, -0.1) is 10.2 Å². The normalized spacial score (nSPS) is 13.8. The highest BCUT2D eigenvalue weighted by atomic mass is 16.2. The number of hydrogen-bond donors (Lipinski definition) is 2. The Morgan fingerprint density at radius 2 is 2.00 bits per heavy atom. The quantitative estimate of drug-likeness (QED) is 0.758. The monoisotopic (exact) mass is 321 g/mol. The Labute approximate surface area is 139 Å². The van der Waals surface area contributed by atoms with Crippen LogP contribution in [-0.2, 0) is 6.54 Å². The molecule has 0 saturated heterocycles. The first kappa shape index (κ1) is 14.7. The fourth-order valence-corrected chi connectivity index (χ4v) is 2.88. The molecule has 122 valence electrons. The first-order chi connectivity index (χ1) is 11.8. The summed E-state index contributed by atoms with van der Waals surface area (Å²) in [5, 5.41) is 16.1. The van der Waals surface area contributed by atoms with E-state index in [0.29, 0.717) is 19.0 Å². The van der Waals surface area contributed by atoms with Crippen LogP contribution in [-0.4, -0.2) is 27.3 Å². The summed E-state index contributed by atoms with van der Waals surface area (Å²) in [4.78, 5) is 12.2. The van der Waals surface area contributed by atoms with Gasteiger partial charge >= 0.3 is 6.03 Å². The molecule has 1 saturated carbocycles. The van der Waals surface area contributed by atoms with E-state index in [1.807, 2.05) is 47.0 Å². The molecule has 0 atom stereocenters. The van der Waals surface area contributed by atoms with Gasteiger partial charge in [-0.25, -0.2) is 4.79 Å². The highest BCUT2D eigenvalue weighted by Gasteiger charge is 2.28. The SMILES string of the molecule is O=C(NCCn1cnnc1C1CC1)Nc1cccc2ccccc12. The summed E-state index contributed by atoms with van der Waals surface area (Å²) in [7, 11) is 0. The molecule has 6 nitrogen and oxygen atoms in total. The zero-order chi connectivity index (χ0) is 16.4. The first-order valence-corrected chi connectivity index (χ1v) is 8.21. The lowest BCUT2D eigenvalue weighted by atomic mass is 10.1. The summed E-state index contributed by atoms with van der Waals surface area (Å²) in [6.45, 7) is 1.22. The average molecular weight is 321 g/mol. The van der Waals surface area contributed by atoms with Crippen LogP contribution in [0.4, 0.5) is 10.5 Å². The van der Waals surface area contributed by atoms with Crippen molar-refractivity contribution >= 4 is 22.5 Å². The number of aromatic nitrogens is 3. The second kappa shape index (κ2) is 6.31. The van der Waals surface area contributed by atoms with Crippen molar-refractivity contribution in [2.45, 2.75) is 25.3 Å². The fraction of sp³-hybridized carbons (Fsp3) is 0.278. The minimum absolute atomic E-state index is 0.201. The molecule has 2 amide bonds. The fourth-order valence-electron chi connectivity index (χ4n) is 2.88. The summed E-state index contributed by atoms with van der Waals surface area (Å²) in [5.41, 5.74) is 0.813. The van der Waals surface area contributed by atoms with Crippen LogP contribution >= 0.6 is 0 Å². The van der Waals surface area contributed by atoms with Gasteiger partial charge in [0.25, 0.3) is 0 Å². The number of carbonyl (C=O) groups is 1. The first-order valence-electron chi connectivity index (χ1n) is 8.21. The number of anilines is 1. The van der Waals surface area contributed by atoms with Gasteiger partial charge in [-0.2, -0.15) is 0 Å². The van der Waals surface area contributed by atoms with E-state index >= 15 is 0 Å².